The summed E-state index contributed by atoms with van der Waals surface area (Å²) in [5.41, 5.74) is 0.632. The fourth-order valence-corrected chi connectivity index (χ4v) is 2.16. The number of benzene rings is 1. The Morgan fingerprint density at radius 1 is 1.33 bits per heavy atom. The molecule has 0 amide bonds. The van der Waals surface area contributed by atoms with Crippen LogP contribution in [-0.4, -0.2) is 24.9 Å². The van der Waals surface area contributed by atoms with E-state index in [1.807, 2.05) is 32.0 Å². The van der Waals surface area contributed by atoms with Crippen LogP contribution < -0.4 is 4.74 Å². The molecule has 0 saturated carbocycles. The smallest absolute Gasteiger partial charge is 0.119 e. The van der Waals surface area contributed by atoms with Gasteiger partial charge in [0.2, 0.25) is 0 Å². The highest BCUT2D eigenvalue weighted by Crippen LogP contribution is 2.31. The van der Waals surface area contributed by atoms with Crippen LogP contribution in [0.5, 0.6) is 5.75 Å². The van der Waals surface area contributed by atoms with E-state index < -0.39 is 6.10 Å². The van der Waals surface area contributed by atoms with Crippen LogP contribution in [-0.2, 0) is 4.74 Å². The summed E-state index contributed by atoms with van der Waals surface area (Å²) in [4.78, 5) is 0. The second-order valence-electron chi connectivity index (χ2n) is 4.91. The lowest BCUT2D eigenvalue weighted by molar-refractivity contribution is 0.00271. The first-order valence-corrected chi connectivity index (χ1v) is 6.75. The van der Waals surface area contributed by atoms with Crippen LogP contribution in [0.3, 0.4) is 0 Å². The van der Waals surface area contributed by atoms with Gasteiger partial charge in [-0.1, -0.05) is 15.9 Å². The number of rotatable bonds is 6. The predicted octanol–water partition coefficient (Wildman–Crippen LogP) is 3.70. The van der Waals surface area contributed by atoms with Crippen molar-refractivity contribution in [1.82, 2.24) is 0 Å². The summed E-state index contributed by atoms with van der Waals surface area (Å²) in [5.74, 6) is 0.748. The first-order valence-electron chi connectivity index (χ1n) is 5.96. The highest BCUT2D eigenvalue weighted by Gasteiger charge is 2.20. The van der Waals surface area contributed by atoms with E-state index in [1.54, 1.807) is 14.2 Å². The van der Waals surface area contributed by atoms with E-state index >= 15 is 0 Å². The summed E-state index contributed by atoms with van der Waals surface area (Å²) < 4.78 is 11.4. The highest BCUT2D eigenvalue weighted by molar-refractivity contribution is 9.10. The van der Waals surface area contributed by atoms with Crippen LogP contribution in [0.2, 0.25) is 0 Å². The molecule has 1 N–H and O–H groups in total. The minimum Gasteiger partial charge on any atom is -0.497 e. The standard InChI is InChI=1S/C14H21BrO3/c1-14(2,18-4)8-7-13(16)11-9-10(17-3)5-6-12(11)15/h5-6,9,13,16H,7-8H2,1-4H3. The first kappa shape index (κ1) is 15.5. The van der Waals surface area contributed by atoms with Crippen molar-refractivity contribution >= 4 is 15.9 Å². The second kappa shape index (κ2) is 6.55. The maximum atomic E-state index is 10.2. The van der Waals surface area contributed by atoms with E-state index in [1.165, 1.54) is 0 Å². The molecule has 0 radical (unpaired) electrons. The van der Waals surface area contributed by atoms with Gasteiger partial charge in [-0.3, -0.25) is 0 Å². The normalized spacial score (nSPS) is 13.4. The fraction of sp³-hybridized carbons (Fsp3) is 0.571. The Hall–Kier alpha value is -0.580. The van der Waals surface area contributed by atoms with Crippen LogP contribution in [0.25, 0.3) is 0 Å². The molecule has 1 unspecified atom stereocenters. The lowest BCUT2D eigenvalue weighted by Gasteiger charge is -2.24. The first-order chi connectivity index (χ1) is 8.39. The van der Waals surface area contributed by atoms with Gasteiger partial charge in [0, 0.05) is 11.6 Å². The lowest BCUT2D eigenvalue weighted by Crippen LogP contribution is -2.23. The zero-order chi connectivity index (χ0) is 13.8. The summed E-state index contributed by atoms with van der Waals surface area (Å²) in [6.45, 7) is 4.03. The van der Waals surface area contributed by atoms with E-state index in [0.717, 1.165) is 22.2 Å². The average molecular weight is 317 g/mol. The maximum Gasteiger partial charge on any atom is 0.119 e. The molecule has 1 atom stereocenters. The molecule has 0 bridgehead atoms. The summed E-state index contributed by atoms with van der Waals surface area (Å²) in [7, 11) is 3.31. The van der Waals surface area contributed by atoms with Crippen molar-refractivity contribution in [3.8, 4) is 5.75 Å². The Morgan fingerprint density at radius 3 is 2.56 bits per heavy atom. The third kappa shape index (κ3) is 4.26. The molecule has 0 heterocycles. The molecule has 4 heteroatoms. The molecule has 0 aromatic heterocycles. The lowest BCUT2D eigenvalue weighted by atomic mass is 9.96. The molecule has 0 saturated heterocycles. The Labute approximate surface area is 117 Å². The number of halogens is 1. The summed E-state index contributed by atoms with van der Waals surface area (Å²) in [6, 6.07) is 5.60. The van der Waals surface area contributed by atoms with Gasteiger partial charge in [0.1, 0.15) is 5.75 Å². The topological polar surface area (TPSA) is 38.7 Å². The van der Waals surface area contributed by atoms with Crippen molar-refractivity contribution in [3.05, 3.63) is 28.2 Å². The van der Waals surface area contributed by atoms with E-state index in [4.69, 9.17) is 9.47 Å². The Bertz CT molecular complexity index is 391. The van der Waals surface area contributed by atoms with Crippen LogP contribution in [0.1, 0.15) is 38.4 Å². The molecule has 1 aromatic carbocycles. The SMILES string of the molecule is COc1ccc(Br)c(C(O)CCC(C)(C)OC)c1. The van der Waals surface area contributed by atoms with Crippen LogP contribution in [0.15, 0.2) is 22.7 Å². The zero-order valence-corrected chi connectivity index (χ0v) is 13.0. The van der Waals surface area contributed by atoms with Crippen LogP contribution in [0, 0.1) is 0 Å². The van der Waals surface area contributed by atoms with Gasteiger partial charge in [0.15, 0.2) is 0 Å². The molecule has 0 aliphatic heterocycles. The predicted molar refractivity (Wildman–Crippen MR) is 76.0 cm³/mol. The number of aliphatic hydroxyl groups excluding tert-OH is 1. The van der Waals surface area contributed by atoms with E-state index in [-0.39, 0.29) is 5.60 Å². The van der Waals surface area contributed by atoms with Gasteiger partial charge in [0.25, 0.3) is 0 Å². The fourth-order valence-electron chi connectivity index (χ4n) is 1.65. The minimum atomic E-state index is -0.524. The molecule has 1 rings (SSSR count). The van der Waals surface area contributed by atoms with Crippen molar-refractivity contribution < 1.29 is 14.6 Å². The average Bonchev–Trinajstić information content (AvgIpc) is 2.36. The quantitative estimate of drug-likeness (QED) is 0.869. The largest absolute Gasteiger partial charge is 0.497 e. The molecule has 0 fully saturated rings. The minimum absolute atomic E-state index is 0.216. The Balaban J connectivity index is 2.74. The van der Waals surface area contributed by atoms with Gasteiger partial charge < -0.3 is 14.6 Å². The third-order valence-electron chi connectivity index (χ3n) is 3.13. The van der Waals surface area contributed by atoms with Crippen molar-refractivity contribution in [2.24, 2.45) is 0 Å². The van der Waals surface area contributed by atoms with Crippen molar-refractivity contribution in [1.29, 1.82) is 0 Å². The molecule has 0 spiro atoms. The second-order valence-corrected chi connectivity index (χ2v) is 5.76. The molecule has 102 valence electrons. The summed E-state index contributed by atoms with van der Waals surface area (Å²) in [5, 5.41) is 10.2. The molecule has 3 nitrogen and oxygen atoms in total. The summed E-state index contributed by atoms with van der Waals surface area (Å²) in [6.07, 6.45) is 0.907. The number of hydrogen-bond donors (Lipinski definition) is 1. The van der Waals surface area contributed by atoms with Crippen molar-refractivity contribution in [2.75, 3.05) is 14.2 Å². The Morgan fingerprint density at radius 2 is 2.00 bits per heavy atom. The van der Waals surface area contributed by atoms with Gasteiger partial charge in [0.05, 0.1) is 18.8 Å². The number of aliphatic hydroxyl groups is 1. The zero-order valence-electron chi connectivity index (χ0n) is 11.4. The number of hydrogen-bond acceptors (Lipinski definition) is 3. The van der Waals surface area contributed by atoms with Crippen molar-refractivity contribution in [2.45, 2.75) is 38.4 Å². The van der Waals surface area contributed by atoms with Crippen LogP contribution in [0.4, 0.5) is 0 Å². The van der Waals surface area contributed by atoms with Gasteiger partial charge in [-0.05, 0) is 50.5 Å². The van der Waals surface area contributed by atoms with E-state index in [2.05, 4.69) is 15.9 Å². The molecule has 0 aliphatic carbocycles. The molecular weight excluding hydrogens is 296 g/mol. The summed E-state index contributed by atoms with van der Waals surface area (Å²) >= 11 is 3.45. The van der Waals surface area contributed by atoms with E-state index in [9.17, 15) is 5.11 Å². The van der Waals surface area contributed by atoms with Gasteiger partial charge in [-0.25, -0.2) is 0 Å². The van der Waals surface area contributed by atoms with Crippen molar-refractivity contribution in [3.63, 3.8) is 0 Å². The number of methoxy groups -OCH3 is 2. The van der Waals surface area contributed by atoms with E-state index in [0.29, 0.717) is 6.42 Å². The maximum absolute atomic E-state index is 10.2. The monoisotopic (exact) mass is 316 g/mol. The van der Waals surface area contributed by atoms with Gasteiger partial charge in [-0.15, -0.1) is 0 Å². The third-order valence-corrected chi connectivity index (χ3v) is 3.86. The number of ether oxygens (including phenoxy) is 2. The van der Waals surface area contributed by atoms with Crippen LogP contribution >= 0.6 is 15.9 Å². The molecule has 0 aliphatic rings. The molecule has 18 heavy (non-hydrogen) atoms. The molecular formula is C14H21BrO3. The van der Waals surface area contributed by atoms with Gasteiger partial charge >= 0.3 is 0 Å². The Kier molecular flexibility index (Phi) is 5.63. The molecule has 1 aromatic rings. The highest BCUT2D eigenvalue weighted by atomic mass is 79.9. The van der Waals surface area contributed by atoms with Gasteiger partial charge in [-0.2, -0.15) is 0 Å².